The number of hydrogen-bond donors (Lipinski definition) is 1. The van der Waals surface area contributed by atoms with E-state index in [1.807, 2.05) is 18.2 Å². The van der Waals surface area contributed by atoms with Crippen LogP contribution < -0.4 is 4.74 Å². The molecule has 0 heterocycles. The number of benzene rings is 1. The van der Waals surface area contributed by atoms with Crippen LogP contribution in [0.4, 0.5) is 0 Å². The van der Waals surface area contributed by atoms with E-state index < -0.39 is 0 Å². The first kappa shape index (κ1) is 15.1. The molecule has 0 aliphatic rings. The standard InChI is InChI=1S/C14H20O3S/c1-11(7-8-15)18-10-9-17-14-6-4-3-5-13(14)12(2)16/h3-6,11,15H,7-10H2,1-2H3. The fraction of sp³-hybridized carbons (Fsp3) is 0.500. The van der Waals surface area contributed by atoms with E-state index in [9.17, 15) is 4.79 Å². The fourth-order valence-corrected chi connectivity index (χ4v) is 2.40. The Morgan fingerprint density at radius 3 is 2.83 bits per heavy atom. The average molecular weight is 268 g/mol. The largest absolute Gasteiger partial charge is 0.492 e. The maximum Gasteiger partial charge on any atom is 0.163 e. The molecule has 4 heteroatoms. The summed E-state index contributed by atoms with van der Waals surface area (Å²) in [5, 5.41) is 9.22. The van der Waals surface area contributed by atoms with Gasteiger partial charge in [-0.3, -0.25) is 4.79 Å². The molecule has 1 N–H and O–H groups in total. The molecule has 100 valence electrons. The summed E-state index contributed by atoms with van der Waals surface area (Å²) in [6, 6.07) is 7.29. The van der Waals surface area contributed by atoms with Gasteiger partial charge in [0.1, 0.15) is 5.75 Å². The van der Waals surface area contributed by atoms with Crippen LogP contribution in [0.2, 0.25) is 0 Å². The van der Waals surface area contributed by atoms with Crippen LogP contribution in [-0.4, -0.2) is 35.1 Å². The third-order valence-corrected chi connectivity index (χ3v) is 3.75. The van der Waals surface area contributed by atoms with Crippen molar-refractivity contribution in [2.75, 3.05) is 19.0 Å². The summed E-state index contributed by atoms with van der Waals surface area (Å²) < 4.78 is 5.62. The van der Waals surface area contributed by atoms with E-state index in [2.05, 4.69) is 6.92 Å². The van der Waals surface area contributed by atoms with Gasteiger partial charge < -0.3 is 9.84 Å². The predicted molar refractivity (Wildman–Crippen MR) is 75.6 cm³/mol. The van der Waals surface area contributed by atoms with Crippen LogP contribution in [0, 0.1) is 0 Å². The maximum absolute atomic E-state index is 11.4. The molecule has 0 aliphatic heterocycles. The maximum atomic E-state index is 11.4. The number of rotatable bonds is 8. The number of carbonyl (C=O) groups is 1. The Hall–Kier alpha value is -1.00. The summed E-state index contributed by atoms with van der Waals surface area (Å²) >= 11 is 1.76. The highest BCUT2D eigenvalue weighted by molar-refractivity contribution is 7.99. The molecule has 18 heavy (non-hydrogen) atoms. The number of hydrogen-bond acceptors (Lipinski definition) is 4. The summed E-state index contributed by atoms with van der Waals surface area (Å²) in [5.41, 5.74) is 0.630. The molecule has 1 aromatic carbocycles. The van der Waals surface area contributed by atoms with Crippen molar-refractivity contribution in [2.24, 2.45) is 0 Å². The van der Waals surface area contributed by atoms with Gasteiger partial charge >= 0.3 is 0 Å². The Balaban J connectivity index is 2.37. The monoisotopic (exact) mass is 268 g/mol. The van der Waals surface area contributed by atoms with Gasteiger partial charge in [0.2, 0.25) is 0 Å². The summed E-state index contributed by atoms with van der Waals surface area (Å²) in [6.45, 7) is 4.43. The Labute approximate surface area is 113 Å². The fourth-order valence-electron chi connectivity index (χ4n) is 1.55. The lowest BCUT2D eigenvalue weighted by molar-refractivity contribution is 0.101. The van der Waals surface area contributed by atoms with Gasteiger partial charge in [0.25, 0.3) is 0 Å². The van der Waals surface area contributed by atoms with Crippen LogP contribution in [0.5, 0.6) is 5.75 Å². The molecule has 0 aromatic heterocycles. The zero-order valence-corrected chi connectivity index (χ0v) is 11.7. The molecule has 0 saturated heterocycles. The first-order valence-corrected chi connectivity index (χ1v) is 7.15. The lowest BCUT2D eigenvalue weighted by atomic mass is 10.1. The number of carbonyl (C=O) groups excluding carboxylic acids is 1. The summed E-state index contributed by atoms with van der Waals surface area (Å²) in [4.78, 5) is 11.4. The predicted octanol–water partition coefficient (Wildman–Crippen LogP) is 2.77. The van der Waals surface area contributed by atoms with Crippen molar-refractivity contribution in [2.45, 2.75) is 25.5 Å². The van der Waals surface area contributed by atoms with Gasteiger partial charge in [-0.05, 0) is 25.5 Å². The van der Waals surface area contributed by atoms with Gasteiger partial charge in [-0.25, -0.2) is 0 Å². The second-order valence-electron chi connectivity index (χ2n) is 4.09. The topological polar surface area (TPSA) is 46.5 Å². The van der Waals surface area contributed by atoms with Crippen LogP contribution >= 0.6 is 11.8 Å². The van der Waals surface area contributed by atoms with Crippen molar-refractivity contribution in [3.8, 4) is 5.75 Å². The van der Waals surface area contributed by atoms with Crippen molar-refractivity contribution in [3.63, 3.8) is 0 Å². The van der Waals surface area contributed by atoms with Crippen LogP contribution in [0.1, 0.15) is 30.6 Å². The molecule has 0 amide bonds. The summed E-state index contributed by atoms with van der Waals surface area (Å²) in [6.07, 6.45) is 0.800. The van der Waals surface area contributed by atoms with Crippen LogP contribution in [-0.2, 0) is 0 Å². The number of aliphatic hydroxyl groups is 1. The molecule has 0 saturated carbocycles. The second-order valence-corrected chi connectivity index (χ2v) is 5.64. The minimum absolute atomic E-state index is 0.0203. The molecule has 0 spiro atoms. The molecule has 0 aliphatic carbocycles. The van der Waals surface area contributed by atoms with E-state index in [1.54, 1.807) is 24.8 Å². The molecule has 3 nitrogen and oxygen atoms in total. The van der Waals surface area contributed by atoms with Crippen LogP contribution in [0.3, 0.4) is 0 Å². The SMILES string of the molecule is CC(=O)c1ccccc1OCCSC(C)CCO. The lowest BCUT2D eigenvalue weighted by Crippen LogP contribution is -2.08. The van der Waals surface area contributed by atoms with E-state index in [0.717, 1.165) is 12.2 Å². The molecule has 1 aromatic rings. The van der Waals surface area contributed by atoms with Gasteiger partial charge in [0, 0.05) is 17.6 Å². The van der Waals surface area contributed by atoms with E-state index in [1.165, 1.54) is 0 Å². The molecule has 1 unspecified atom stereocenters. The Kier molecular flexibility index (Phi) is 6.83. The number of ketones is 1. The Morgan fingerprint density at radius 2 is 2.17 bits per heavy atom. The zero-order chi connectivity index (χ0) is 13.4. The number of ether oxygens (including phenoxy) is 1. The smallest absolute Gasteiger partial charge is 0.163 e. The molecule has 1 rings (SSSR count). The van der Waals surface area contributed by atoms with E-state index in [-0.39, 0.29) is 12.4 Å². The summed E-state index contributed by atoms with van der Waals surface area (Å²) in [7, 11) is 0. The Bertz CT molecular complexity index is 379. The van der Waals surface area contributed by atoms with Crippen molar-refractivity contribution in [1.82, 2.24) is 0 Å². The highest BCUT2D eigenvalue weighted by Crippen LogP contribution is 2.19. The van der Waals surface area contributed by atoms with Crippen LogP contribution in [0.15, 0.2) is 24.3 Å². The number of para-hydroxylation sites is 1. The minimum Gasteiger partial charge on any atom is -0.492 e. The highest BCUT2D eigenvalue weighted by Gasteiger charge is 2.07. The molecule has 0 radical (unpaired) electrons. The van der Waals surface area contributed by atoms with Gasteiger partial charge in [0.05, 0.1) is 12.2 Å². The number of Topliss-reactive ketones (excluding diaryl/α,β-unsaturated/α-hetero) is 1. The summed E-state index contributed by atoms with van der Waals surface area (Å²) in [5.74, 6) is 1.53. The van der Waals surface area contributed by atoms with E-state index in [4.69, 9.17) is 9.84 Å². The van der Waals surface area contributed by atoms with Crippen molar-refractivity contribution in [3.05, 3.63) is 29.8 Å². The van der Waals surface area contributed by atoms with E-state index >= 15 is 0 Å². The number of thioether (sulfide) groups is 1. The van der Waals surface area contributed by atoms with Crippen molar-refractivity contribution >= 4 is 17.5 Å². The van der Waals surface area contributed by atoms with Crippen LogP contribution in [0.25, 0.3) is 0 Å². The van der Waals surface area contributed by atoms with Gasteiger partial charge in [0.15, 0.2) is 5.78 Å². The van der Waals surface area contributed by atoms with Crippen molar-refractivity contribution in [1.29, 1.82) is 0 Å². The molecular formula is C14H20O3S. The third kappa shape index (κ3) is 5.10. The highest BCUT2D eigenvalue weighted by atomic mass is 32.2. The molecule has 0 fully saturated rings. The molecular weight excluding hydrogens is 248 g/mol. The quantitative estimate of drug-likeness (QED) is 0.582. The first-order chi connectivity index (χ1) is 8.65. The van der Waals surface area contributed by atoms with Gasteiger partial charge in [-0.15, -0.1) is 0 Å². The third-order valence-electron chi connectivity index (χ3n) is 2.55. The first-order valence-electron chi connectivity index (χ1n) is 6.10. The number of aliphatic hydroxyl groups excluding tert-OH is 1. The second kappa shape index (κ2) is 8.16. The van der Waals surface area contributed by atoms with Gasteiger partial charge in [-0.2, -0.15) is 11.8 Å². The van der Waals surface area contributed by atoms with E-state index in [0.29, 0.717) is 23.2 Å². The molecule has 0 bridgehead atoms. The molecule has 1 atom stereocenters. The van der Waals surface area contributed by atoms with Gasteiger partial charge in [-0.1, -0.05) is 19.1 Å². The van der Waals surface area contributed by atoms with Crippen molar-refractivity contribution < 1.29 is 14.6 Å². The minimum atomic E-state index is 0.0203. The lowest BCUT2D eigenvalue weighted by Gasteiger charge is -2.11. The Morgan fingerprint density at radius 1 is 1.44 bits per heavy atom. The normalized spacial score (nSPS) is 12.2. The zero-order valence-electron chi connectivity index (χ0n) is 10.9. The average Bonchev–Trinajstić information content (AvgIpc) is 2.35.